The normalized spacial score (nSPS) is 13.3. The minimum absolute atomic E-state index is 0.0384. The molecular weight excluding hydrogens is 287 g/mol. The molecule has 1 atom stereocenters. The van der Waals surface area contributed by atoms with Crippen LogP contribution in [0.1, 0.15) is 31.4 Å². The van der Waals surface area contributed by atoms with Crippen LogP contribution < -0.4 is 10.5 Å². The van der Waals surface area contributed by atoms with E-state index >= 15 is 0 Å². The lowest BCUT2D eigenvalue weighted by Crippen LogP contribution is -2.28. The van der Waals surface area contributed by atoms with Crippen molar-refractivity contribution >= 4 is 5.97 Å². The number of hydrogen-bond acceptors (Lipinski definition) is 3. The largest absolute Gasteiger partial charge is 0.479 e. The van der Waals surface area contributed by atoms with E-state index in [0.29, 0.717) is 0 Å². The van der Waals surface area contributed by atoms with Crippen molar-refractivity contribution in [3.8, 4) is 5.75 Å². The summed E-state index contributed by atoms with van der Waals surface area (Å²) in [6.45, 7) is 3.35. The van der Waals surface area contributed by atoms with Crippen molar-refractivity contribution in [3.05, 3.63) is 29.3 Å². The van der Waals surface area contributed by atoms with Crippen molar-refractivity contribution in [1.82, 2.24) is 0 Å². The average Bonchev–Trinajstić information content (AvgIpc) is 2.36. The predicted molar refractivity (Wildman–Crippen MR) is 70.8 cm³/mol. The average molecular weight is 305 g/mol. The van der Waals surface area contributed by atoms with Crippen molar-refractivity contribution in [1.29, 1.82) is 0 Å². The number of halogens is 3. The number of hydrogen-bond donors (Lipinski definition) is 2. The number of benzene rings is 1. The van der Waals surface area contributed by atoms with Gasteiger partial charge in [-0.3, -0.25) is 0 Å². The van der Waals surface area contributed by atoms with Crippen molar-refractivity contribution in [2.45, 2.75) is 39.1 Å². The highest BCUT2D eigenvalue weighted by atomic mass is 19.4. The van der Waals surface area contributed by atoms with E-state index in [1.54, 1.807) is 13.8 Å². The Morgan fingerprint density at radius 3 is 2.43 bits per heavy atom. The Hall–Kier alpha value is -1.76. The van der Waals surface area contributed by atoms with Crippen LogP contribution >= 0.6 is 0 Å². The van der Waals surface area contributed by atoms with Crippen LogP contribution in [-0.4, -0.2) is 17.2 Å². The molecule has 1 aromatic rings. The van der Waals surface area contributed by atoms with Gasteiger partial charge in [-0.1, -0.05) is 19.9 Å². The summed E-state index contributed by atoms with van der Waals surface area (Å²) in [6.07, 6.45) is -5.55. The first-order chi connectivity index (χ1) is 9.65. The smallest absolute Gasteiger partial charge is 0.416 e. The Balaban J connectivity index is 3.06. The molecule has 0 amide bonds. The third-order valence-electron chi connectivity index (χ3n) is 2.85. The molecule has 1 rings (SSSR count). The topological polar surface area (TPSA) is 72.5 Å². The summed E-state index contributed by atoms with van der Waals surface area (Å²) in [5.74, 6) is -1.30. The van der Waals surface area contributed by atoms with E-state index < -0.39 is 23.8 Å². The molecule has 0 aliphatic heterocycles. The summed E-state index contributed by atoms with van der Waals surface area (Å²) in [5, 5.41) is 9.05. The van der Waals surface area contributed by atoms with Crippen LogP contribution in [0.15, 0.2) is 18.2 Å². The van der Waals surface area contributed by atoms with E-state index in [-0.39, 0.29) is 30.2 Å². The molecule has 21 heavy (non-hydrogen) atoms. The van der Waals surface area contributed by atoms with E-state index in [1.807, 2.05) is 0 Å². The van der Waals surface area contributed by atoms with Gasteiger partial charge in [0.15, 0.2) is 6.10 Å². The lowest BCUT2D eigenvalue weighted by Gasteiger charge is -2.19. The summed E-state index contributed by atoms with van der Waals surface area (Å²) >= 11 is 0. The molecule has 0 bridgehead atoms. The van der Waals surface area contributed by atoms with Gasteiger partial charge in [0.25, 0.3) is 0 Å². The summed E-state index contributed by atoms with van der Waals surface area (Å²) in [5.41, 5.74) is 4.31. The van der Waals surface area contributed by atoms with Crippen molar-refractivity contribution < 1.29 is 27.8 Å². The van der Waals surface area contributed by atoms with E-state index in [9.17, 15) is 18.0 Å². The maximum atomic E-state index is 12.9. The van der Waals surface area contributed by atoms with Gasteiger partial charge >= 0.3 is 12.1 Å². The summed E-state index contributed by atoms with van der Waals surface area (Å²) in [6, 6.07) is 3.29. The van der Waals surface area contributed by atoms with Crippen LogP contribution in [0.3, 0.4) is 0 Å². The van der Waals surface area contributed by atoms with Crippen molar-refractivity contribution in [2.75, 3.05) is 0 Å². The molecule has 0 heterocycles. The van der Waals surface area contributed by atoms with Crippen LogP contribution in [0.4, 0.5) is 13.2 Å². The number of carboxylic acids is 1. The molecule has 7 heteroatoms. The molecule has 0 aliphatic rings. The van der Waals surface area contributed by atoms with Gasteiger partial charge in [-0.25, -0.2) is 4.79 Å². The van der Waals surface area contributed by atoms with Crippen LogP contribution in [0.25, 0.3) is 0 Å². The molecule has 0 fully saturated rings. The van der Waals surface area contributed by atoms with Gasteiger partial charge in [-0.05, 0) is 30.0 Å². The number of carboxylic acid groups (broad SMARTS) is 1. The number of aliphatic carboxylic acids is 1. The molecule has 0 saturated carbocycles. The number of carbonyl (C=O) groups is 1. The molecule has 0 aromatic heterocycles. The minimum atomic E-state index is -4.56. The quantitative estimate of drug-likeness (QED) is 0.847. The first-order valence-corrected chi connectivity index (χ1v) is 6.44. The van der Waals surface area contributed by atoms with Gasteiger partial charge in [0.2, 0.25) is 0 Å². The monoisotopic (exact) mass is 305 g/mol. The van der Waals surface area contributed by atoms with Crippen LogP contribution in [-0.2, 0) is 17.5 Å². The highest BCUT2D eigenvalue weighted by Crippen LogP contribution is 2.34. The van der Waals surface area contributed by atoms with Gasteiger partial charge in [0, 0.05) is 6.54 Å². The Kier molecular flexibility index (Phi) is 5.60. The summed E-state index contributed by atoms with van der Waals surface area (Å²) in [4.78, 5) is 11.1. The van der Waals surface area contributed by atoms with Gasteiger partial charge in [-0.15, -0.1) is 0 Å². The third kappa shape index (κ3) is 4.93. The van der Waals surface area contributed by atoms with Gasteiger partial charge in [0.05, 0.1) is 5.56 Å². The third-order valence-corrected chi connectivity index (χ3v) is 2.85. The van der Waals surface area contributed by atoms with Crippen LogP contribution in [0.5, 0.6) is 5.75 Å². The molecule has 0 aliphatic carbocycles. The van der Waals surface area contributed by atoms with E-state index in [0.717, 1.165) is 6.07 Å². The number of alkyl halides is 3. The number of rotatable bonds is 6. The van der Waals surface area contributed by atoms with E-state index in [1.165, 1.54) is 12.1 Å². The molecule has 0 saturated heterocycles. The number of nitrogens with two attached hydrogens (primary N) is 1. The molecule has 4 nitrogen and oxygen atoms in total. The highest BCUT2D eigenvalue weighted by Gasteiger charge is 2.34. The fourth-order valence-corrected chi connectivity index (χ4v) is 1.86. The van der Waals surface area contributed by atoms with E-state index in [4.69, 9.17) is 15.6 Å². The molecule has 3 N–H and O–H groups in total. The fraction of sp³-hybridized carbons (Fsp3) is 0.500. The maximum absolute atomic E-state index is 12.9. The Labute approximate surface area is 120 Å². The molecule has 118 valence electrons. The second-order valence-corrected chi connectivity index (χ2v) is 5.10. The van der Waals surface area contributed by atoms with Gasteiger partial charge < -0.3 is 15.6 Å². The Morgan fingerprint density at radius 1 is 1.38 bits per heavy atom. The second kappa shape index (κ2) is 6.80. The summed E-state index contributed by atoms with van der Waals surface area (Å²) in [7, 11) is 0. The van der Waals surface area contributed by atoms with Crippen molar-refractivity contribution in [3.63, 3.8) is 0 Å². The lowest BCUT2D eigenvalue weighted by atomic mass is 10.0. The zero-order chi connectivity index (χ0) is 16.2. The fourth-order valence-electron chi connectivity index (χ4n) is 1.86. The number of ether oxygens (including phenoxy) is 1. The van der Waals surface area contributed by atoms with Crippen LogP contribution in [0.2, 0.25) is 0 Å². The Morgan fingerprint density at radius 2 is 2.00 bits per heavy atom. The molecule has 1 unspecified atom stereocenters. The first-order valence-electron chi connectivity index (χ1n) is 6.44. The van der Waals surface area contributed by atoms with Crippen molar-refractivity contribution in [2.24, 2.45) is 11.7 Å². The van der Waals surface area contributed by atoms with E-state index in [2.05, 4.69) is 0 Å². The molecular formula is C14H18F3NO3. The molecule has 1 aromatic carbocycles. The highest BCUT2D eigenvalue weighted by molar-refractivity contribution is 5.72. The molecule has 0 radical (unpaired) electrons. The first kappa shape index (κ1) is 17.3. The molecule has 0 spiro atoms. The SMILES string of the molecule is CC(C)CC(Oc1ccc(CN)c(C(F)(F)F)c1)C(=O)O. The van der Waals surface area contributed by atoms with Gasteiger partial charge in [0.1, 0.15) is 5.75 Å². The van der Waals surface area contributed by atoms with Gasteiger partial charge in [-0.2, -0.15) is 13.2 Å². The Bertz CT molecular complexity index is 501. The standard InChI is InChI=1S/C14H18F3NO3/c1-8(2)5-12(13(19)20)21-10-4-3-9(7-18)11(6-10)14(15,16)17/h3-4,6,8,12H,5,7,18H2,1-2H3,(H,19,20). The predicted octanol–water partition coefficient (Wildman–Crippen LogP) is 3.04. The zero-order valence-corrected chi connectivity index (χ0v) is 11.8. The van der Waals surface area contributed by atoms with Crippen LogP contribution in [0, 0.1) is 5.92 Å². The summed E-state index contributed by atoms with van der Waals surface area (Å²) < 4.78 is 43.9. The lowest BCUT2D eigenvalue weighted by molar-refractivity contribution is -0.145. The zero-order valence-electron chi connectivity index (χ0n) is 11.8. The second-order valence-electron chi connectivity index (χ2n) is 5.10. The maximum Gasteiger partial charge on any atom is 0.416 e. The minimum Gasteiger partial charge on any atom is -0.479 e.